The smallest absolute Gasteiger partial charge is 0.346 e. The summed E-state index contributed by atoms with van der Waals surface area (Å²) >= 11 is 5.99. The second-order valence-corrected chi connectivity index (χ2v) is 7.41. The van der Waals surface area contributed by atoms with Crippen LogP contribution >= 0.6 is 11.6 Å². The van der Waals surface area contributed by atoms with Crippen molar-refractivity contribution in [2.45, 2.75) is 12.8 Å². The number of carbonyl (C=O) groups is 1. The van der Waals surface area contributed by atoms with E-state index in [9.17, 15) is 9.18 Å². The number of pyridine rings is 1. The molecule has 0 saturated heterocycles. The highest BCUT2D eigenvalue weighted by atomic mass is 35.5. The Balaban J connectivity index is 1.34. The predicted molar refractivity (Wildman–Crippen MR) is 117 cm³/mol. The van der Waals surface area contributed by atoms with Gasteiger partial charge in [0.05, 0.1) is 5.02 Å². The lowest BCUT2D eigenvalue weighted by Gasteiger charge is -2.02. The molecule has 1 N–H and O–H groups in total. The summed E-state index contributed by atoms with van der Waals surface area (Å²) in [4.78, 5) is 23.1. The summed E-state index contributed by atoms with van der Waals surface area (Å²) < 4.78 is 13.3. The average Bonchev–Trinajstić information content (AvgIpc) is 3.16. The molecule has 0 spiro atoms. The lowest BCUT2D eigenvalue weighted by Crippen LogP contribution is -1.96. The number of rotatable bonds is 6. The molecular weight excluding hydrogens is 417 g/mol. The molecule has 4 aromatic rings. The van der Waals surface area contributed by atoms with Gasteiger partial charge in [0, 0.05) is 29.8 Å². The van der Waals surface area contributed by atoms with E-state index in [0.29, 0.717) is 30.0 Å². The van der Waals surface area contributed by atoms with Crippen molar-refractivity contribution >= 4 is 28.5 Å². The molecule has 0 aliphatic carbocycles. The van der Waals surface area contributed by atoms with Crippen molar-refractivity contribution in [3.63, 3.8) is 0 Å². The zero-order valence-electron chi connectivity index (χ0n) is 16.4. The minimum absolute atomic E-state index is 0.265. The lowest BCUT2D eigenvalue weighted by molar-refractivity contribution is 0.0992. The average molecular weight is 435 g/mol. The molecule has 0 unspecified atom stereocenters. The van der Waals surface area contributed by atoms with Gasteiger partial charge in [-0.1, -0.05) is 35.9 Å². The van der Waals surface area contributed by atoms with Crippen LogP contribution in [0.15, 0.2) is 77.2 Å². The van der Waals surface area contributed by atoms with Gasteiger partial charge in [-0.05, 0) is 53.4 Å². The van der Waals surface area contributed by atoms with Gasteiger partial charge in [0.15, 0.2) is 0 Å². The summed E-state index contributed by atoms with van der Waals surface area (Å²) in [6.45, 7) is 0.378. The van der Waals surface area contributed by atoms with Gasteiger partial charge in [-0.2, -0.15) is 0 Å². The second kappa shape index (κ2) is 9.43. The van der Waals surface area contributed by atoms with Gasteiger partial charge >= 0.3 is 5.91 Å². The number of hydrogen-bond donors (Lipinski definition) is 1. The van der Waals surface area contributed by atoms with E-state index in [-0.39, 0.29) is 5.82 Å². The first-order valence-corrected chi connectivity index (χ1v) is 10.0. The molecular formula is C23H18ClFN5O+. The van der Waals surface area contributed by atoms with E-state index in [4.69, 9.17) is 11.6 Å². The van der Waals surface area contributed by atoms with Crippen LogP contribution in [0.25, 0.3) is 11.0 Å². The molecule has 1 amide bonds. The number of H-pyrrole nitrogens is 1. The molecule has 0 aliphatic rings. The summed E-state index contributed by atoms with van der Waals surface area (Å²) in [5, 5.41) is 9.11. The Morgan fingerprint density at radius 2 is 1.97 bits per heavy atom. The van der Waals surface area contributed by atoms with Crippen LogP contribution in [0.2, 0.25) is 5.02 Å². The first-order valence-electron chi connectivity index (χ1n) is 9.65. The van der Waals surface area contributed by atoms with Crippen molar-refractivity contribution < 1.29 is 9.18 Å². The zero-order chi connectivity index (χ0) is 21.6. The Labute approximate surface area is 182 Å². The highest BCUT2D eigenvalue weighted by Gasteiger charge is 2.10. The molecule has 2 heterocycles. The molecule has 154 valence electrons. The molecule has 0 aliphatic heterocycles. The molecule has 0 saturated carbocycles. The summed E-state index contributed by atoms with van der Waals surface area (Å²) in [5.41, 5.74) is 4.03. The van der Waals surface area contributed by atoms with Crippen molar-refractivity contribution in [1.82, 2.24) is 14.9 Å². The number of benzene rings is 2. The Morgan fingerprint density at radius 1 is 1.13 bits per heavy atom. The number of aromatic amines is 1. The molecule has 4 rings (SSSR count). The SMILES string of the molecule is O=C(N=[N+]=NCCc1c[nH]c2ncc(Cl)cc12)c1ccc(Cc2cccc(F)c2)cc1. The van der Waals surface area contributed by atoms with E-state index < -0.39 is 5.91 Å². The maximum Gasteiger partial charge on any atom is 0.360 e. The summed E-state index contributed by atoms with van der Waals surface area (Å²) in [7, 11) is 0. The highest BCUT2D eigenvalue weighted by Crippen LogP contribution is 2.20. The van der Waals surface area contributed by atoms with E-state index in [1.807, 2.05) is 30.5 Å². The van der Waals surface area contributed by atoms with Gasteiger partial charge in [0.2, 0.25) is 10.0 Å². The summed E-state index contributed by atoms with van der Waals surface area (Å²) in [6.07, 6.45) is 4.64. The number of hydrogen-bond acceptors (Lipinski definition) is 3. The van der Waals surface area contributed by atoms with E-state index in [2.05, 4.69) is 25.1 Å². The summed E-state index contributed by atoms with van der Waals surface area (Å²) in [5.74, 6) is -0.734. The Morgan fingerprint density at radius 3 is 2.77 bits per heavy atom. The van der Waals surface area contributed by atoms with Crippen LogP contribution in [0.3, 0.4) is 0 Å². The maximum atomic E-state index is 13.3. The maximum absolute atomic E-state index is 13.3. The fourth-order valence-corrected chi connectivity index (χ4v) is 3.39. The molecule has 0 radical (unpaired) electrons. The van der Waals surface area contributed by atoms with Crippen molar-refractivity contribution in [1.29, 1.82) is 0 Å². The van der Waals surface area contributed by atoms with Crippen molar-refractivity contribution in [3.05, 3.63) is 100 Å². The number of amides is 1. The first kappa shape index (κ1) is 20.6. The van der Waals surface area contributed by atoms with Crippen LogP contribution in [0.5, 0.6) is 0 Å². The predicted octanol–water partition coefficient (Wildman–Crippen LogP) is 5.30. The second-order valence-electron chi connectivity index (χ2n) is 6.98. The zero-order valence-corrected chi connectivity index (χ0v) is 17.2. The topological polar surface area (TPSA) is 84.6 Å². The molecule has 0 fully saturated rings. The Bertz CT molecular complexity index is 1290. The number of nitrogens with one attached hydrogen (secondary N) is 1. The van der Waals surface area contributed by atoms with Crippen molar-refractivity contribution in [2.75, 3.05) is 6.54 Å². The van der Waals surface area contributed by atoms with Crippen LogP contribution < -0.4 is 4.91 Å². The van der Waals surface area contributed by atoms with Crippen LogP contribution in [0.1, 0.15) is 27.0 Å². The van der Waals surface area contributed by atoms with Crippen LogP contribution in [-0.2, 0) is 12.8 Å². The summed E-state index contributed by atoms with van der Waals surface area (Å²) in [6, 6.07) is 15.3. The Kier molecular flexibility index (Phi) is 6.26. The van der Waals surface area contributed by atoms with E-state index in [1.54, 1.807) is 24.4 Å². The van der Waals surface area contributed by atoms with Gasteiger partial charge in [0.25, 0.3) is 0 Å². The van der Waals surface area contributed by atoms with Gasteiger partial charge in [-0.25, -0.2) is 9.37 Å². The lowest BCUT2D eigenvalue weighted by atomic mass is 10.0. The number of fused-ring (bicyclic) bond motifs is 1. The molecule has 2 aromatic carbocycles. The van der Waals surface area contributed by atoms with Crippen molar-refractivity contribution in [2.24, 2.45) is 10.2 Å². The third-order valence-corrected chi connectivity index (χ3v) is 4.97. The quantitative estimate of drug-likeness (QED) is 0.330. The van der Waals surface area contributed by atoms with Crippen molar-refractivity contribution in [3.8, 4) is 0 Å². The molecule has 0 atom stereocenters. The number of carbonyl (C=O) groups excluding carboxylic acids is 1. The molecule has 0 bridgehead atoms. The third kappa shape index (κ3) is 5.28. The third-order valence-electron chi connectivity index (χ3n) is 4.76. The fourth-order valence-electron chi connectivity index (χ4n) is 3.23. The molecule has 31 heavy (non-hydrogen) atoms. The van der Waals surface area contributed by atoms with E-state index in [0.717, 1.165) is 27.7 Å². The largest absolute Gasteiger partial charge is 0.360 e. The van der Waals surface area contributed by atoms with Gasteiger partial charge < -0.3 is 4.98 Å². The first-order chi connectivity index (χ1) is 15.1. The minimum Gasteiger partial charge on any atom is -0.346 e. The van der Waals surface area contributed by atoms with Crippen LogP contribution in [0.4, 0.5) is 4.39 Å². The van der Waals surface area contributed by atoms with Gasteiger partial charge in [-0.3, -0.25) is 4.79 Å². The van der Waals surface area contributed by atoms with Crippen LogP contribution in [0, 0.1) is 5.82 Å². The standard InChI is InChI=1S/C23H17ClFN5O/c24-19-12-21-18(13-26-22(21)27-14-19)8-9-28-30-29-23(31)17-6-4-15(5-7-17)10-16-2-1-3-20(25)11-16/h1-7,11-14H,8-10H2/p+1. The number of halogens is 2. The van der Waals surface area contributed by atoms with Gasteiger partial charge in [0.1, 0.15) is 23.1 Å². The van der Waals surface area contributed by atoms with Crippen LogP contribution in [-0.4, -0.2) is 22.4 Å². The van der Waals surface area contributed by atoms with Gasteiger partial charge in [-0.15, -0.1) is 0 Å². The van der Waals surface area contributed by atoms with E-state index in [1.165, 1.54) is 12.1 Å². The highest BCUT2D eigenvalue weighted by molar-refractivity contribution is 6.31. The number of aromatic nitrogens is 2. The fraction of sp³-hybridized carbons (Fsp3) is 0.130. The normalized spacial score (nSPS) is 10.6. The molecule has 6 nitrogen and oxygen atoms in total. The molecule has 8 heteroatoms. The number of nitrogens with zero attached hydrogens (tertiary/aromatic N) is 4. The monoisotopic (exact) mass is 434 g/mol. The minimum atomic E-state index is -0.468. The van der Waals surface area contributed by atoms with E-state index >= 15 is 0 Å². The molecule has 2 aromatic heterocycles. The Hall–Kier alpha value is -3.67.